The van der Waals surface area contributed by atoms with Crippen molar-refractivity contribution in [3.63, 3.8) is 0 Å². The molecule has 1 saturated heterocycles. The summed E-state index contributed by atoms with van der Waals surface area (Å²) in [6.45, 7) is 0.954. The molecule has 0 aromatic heterocycles. The number of nitrogens with zero attached hydrogens (tertiary/aromatic N) is 1. The predicted molar refractivity (Wildman–Crippen MR) is 77.4 cm³/mol. The molecule has 2 rings (SSSR count). The zero-order valence-corrected chi connectivity index (χ0v) is 12.0. The number of benzene rings is 1. The summed E-state index contributed by atoms with van der Waals surface area (Å²) in [5, 5.41) is 13.2. The minimum atomic E-state index is 0.689. The van der Waals surface area contributed by atoms with Gasteiger partial charge in [0.15, 0.2) is 0 Å². The number of anilines is 1. The summed E-state index contributed by atoms with van der Waals surface area (Å²) in [7, 11) is 0. The van der Waals surface area contributed by atoms with Crippen molar-refractivity contribution < 1.29 is 0 Å². The molecule has 90 valence electrons. The third-order valence-corrected chi connectivity index (χ3v) is 4.98. The number of nitrogens with one attached hydrogen (secondary N) is 1. The highest BCUT2D eigenvalue weighted by Crippen LogP contribution is 2.27. The van der Waals surface area contributed by atoms with Gasteiger partial charge in [-0.3, -0.25) is 0 Å². The van der Waals surface area contributed by atoms with Crippen molar-refractivity contribution in [2.45, 2.75) is 24.5 Å². The first-order valence-corrected chi connectivity index (χ1v) is 7.69. The summed E-state index contributed by atoms with van der Waals surface area (Å²) >= 11 is 5.45. The van der Waals surface area contributed by atoms with E-state index in [2.05, 4.69) is 27.3 Å². The molecule has 1 aromatic carbocycles. The van der Waals surface area contributed by atoms with Gasteiger partial charge in [-0.2, -0.15) is 17.0 Å². The first-order chi connectivity index (χ1) is 8.31. The monoisotopic (exact) mass is 310 g/mol. The summed E-state index contributed by atoms with van der Waals surface area (Å²) in [6.07, 6.45) is 3.97. The Kier molecular flexibility index (Phi) is 4.75. The highest BCUT2D eigenvalue weighted by molar-refractivity contribution is 9.10. The Balaban J connectivity index is 1.99. The molecule has 1 aromatic rings. The largest absolute Gasteiger partial charge is 0.383 e. The van der Waals surface area contributed by atoms with Gasteiger partial charge in [-0.05, 0) is 46.7 Å². The molecule has 1 aliphatic heterocycles. The Morgan fingerprint density at radius 1 is 1.47 bits per heavy atom. The smallest absolute Gasteiger partial charge is 0.103 e. The Hall–Kier alpha value is -0.660. The van der Waals surface area contributed by atoms with Gasteiger partial charge in [0, 0.05) is 16.3 Å². The van der Waals surface area contributed by atoms with Crippen LogP contribution in [0.3, 0.4) is 0 Å². The molecule has 1 unspecified atom stereocenters. The summed E-state index contributed by atoms with van der Waals surface area (Å²) < 4.78 is 0.862. The van der Waals surface area contributed by atoms with E-state index in [0.29, 0.717) is 10.8 Å². The molecule has 0 bridgehead atoms. The molecule has 0 spiro atoms. The van der Waals surface area contributed by atoms with Gasteiger partial charge in [0.25, 0.3) is 0 Å². The fraction of sp³-hybridized carbons (Fsp3) is 0.462. The molecule has 1 heterocycles. The molecule has 1 atom stereocenters. The van der Waals surface area contributed by atoms with Crippen molar-refractivity contribution >= 4 is 33.4 Å². The van der Waals surface area contributed by atoms with Gasteiger partial charge in [-0.15, -0.1) is 0 Å². The van der Waals surface area contributed by atoms with Crippen molar-refractivity contribution in [1.29, 1.82) is 5.26 Å². The van der Waals surface area contributed by atoms with Crippen molar-refractivity contribution in [3.8, 4) is 6.07 Å². The average Bonchev–Trinajstić information content (AvgIpc) is 2.37. The molecule has 2 nitrogen and oxygen atoms in total. The number of hydrogen-bond acceptors (Lipinski definition) is 3. The minimum Gasteiger partial charge on any atom is -0.383 e. The molecule has 0 saturated carbocycles. The van der Waals surface area contributed by atoms with Crippen LogP contribution >= 0.6 is 27.7 Å². The normalized spacial score (nSPS) is 19.6. The summed E-state index contributed by atoms with van der Waals surface area (Å²) in [5.41, 5.74) is 1.64. The Bertz CT molecular complexity index is 422. The van der Waals surface area contributed by atoms with Gasteiger partial charge >= 0.3 is 0 Å². The van der Waals surface area contributed by atoms with Crippen LogP contribution in [-0.2, 0) is 0 Å². The predicted octanol–water partition coefficient (Wildman–Crippen LogP) is 4.02. The van der Waals surface area contributed by atoms with Crippen molar-refractivity contribution in [1.82, 2.24) is 0 Å². The summed E-state index contributed by atoms with van der Waals surface area (Å²) in [4.78, 5) is 0. The lowest BCUT2D eigenvalue weighted by Gasteiger charge is -2.22. The van der Waals surface area contributed by atoms with Crippen molar-refractivity contribution in [2.24, 2.45) is 0 Å². The molecule has 4 heteroatoms. The number of halogens is 1. The molecule has 0 radical (unpaired) electrons. The zero-order valence-electron chi connectivity index (χ0n) is 9.58. The molecule has 1 fully saturated rings. The maximum Gasteiger partial charge on any atom is 0.103 e. The maximum absolute atomic E-state index is 9.11. The van der Waals surface area contributed by atoms with Crippen LogP contribution in [0, 0.1) is 11.3 Å². The van der Waals surface area contributed by atoms with Crippen LogP contribution in [0.1, 0.15) is 24.8 Å². The third-order valence-electron chi connectivity index (χ3n) is 2.92. The van der Waals surface area contributed by atoms with Gasteiger partial charge in [-0.25, -0.2) is 0 Å². The van der Waals surface area contributed by atoms with Crippen molar-refractivity contribution in [3.05, 3.63) is 28.2 Å². The quantitative estimate of drug-likeness (QED) is 0.916. The average molecular weight is 311 g/mol. The SMILES string of the molecule is N#Cc1c(Br)cccc1NCC1CCCCS1. The van der Waals surface area contributed by atoms with E-state index in [-0.39, 0.29) is 0 Å². The Morgan fingerprint density at radius 2 is 2.35 bits per heavy atom. The fourth-order valence-electron chi connectivity index (χ4n) is 1.98. The third kappa shape index (κ3) is 3.40. The minimum absolute atomic E-state index is 0.689. The lowest BCUT2D eigenvalue weighted by Crippen LogP contribution is -2.20. The number of thioether (sulfide) groups is 1. The Labute approximate surface area is 115 Å². The lowest BCUT2D eigenvalue weighted by atomic mass is 10.1. The molecule has 17 heavy (non-hydrogen) atoms. The lowest BCUT2D eigenvalue weighted by molar-refractivity contribution is 0.677. The standard InChI is InChI=1S/C13H15BrN2S/c14-12-5-3-6-13(11(12)8-15)16-9-10-4-1-2-7-17-10/h3,5-6,10,16H,1-2,4,7,9H2. The van der Waals surface area contributed by atoms with E-state index in [9.17, 15) is 0 Å². The molecular formula is C13H15BrN2S. The second-order valence-corrected chi connectivity index (χ2v) is 6.41. The van der Waals surface area contributed by atoms with Crippen LogP contribution in [0.15, 0.2) is 22.7 Å². The molecule has 1 aliphatic rings. The summed E-state index contributed by atoms with van der Waals surface area (Å²) in [5.74, 6) is 1.27. The highest BCUT2D eigenvalue weighted by Gasteiger charge is 2.14. The van der Waals surface area contributed by atoms with E-state index >= 15 is 0 Å². The van der Waals surface area contributed by atoms with E-state index < -0.39 is 0 Å². The first kappa shape index (κ1) is 12.8. The van der Waals surface area contributed by atoms with E-state index in [4.69, 9.17) is 5.26 Å². The van der Waals surface area contributed by atoms with E-state index in [1.165, 1.54) is 25.0 Å². The van der Waals surface area contributed by atoms with E-state index in [1.54, 1.807) is 0 Å². The first-order valence-electron chi connectivity index (χ1n) is 5.85. The van der Waals surface area contributed by atoms with Gasteiger partial charge in [0.1, 0.15) is 6.07 Å². The molecular weight excluding hydrogens is 296 g/mol. The second kappa shape index (κ2) is 6.32. The highest BCUT2D eigenvalue weighted by atomic mass is 79.9. The number of nitriles is 1. The van der Waals surface area contributed by atoms with Crippen molar-refractivity contribution in [2.75, 3.05) is 17.6 Å². The number of rotatable bonds is 3. The van der Waals surface area contributed by atoms with Crippen LogP contribution in [0.5, 0.6) is 0 Å². The maximum atomic E-state index is 9.11. The van der Waals surface area contributed by atoms with Crippen LogP contribution in [0.4, 0.5) is 5.69 Å². The van der Waals surface area contributed by atoms with Crippen LogP contribution in [-0.4, -0.2) is 17.5 Å². The van der Waals surface area contributed by atoms with E-state index in [0.717, 1.165) is 16.7 Å². The van der Waals surface area contributed by atoms with Gasteiger partial charge in [0.2, 0.25) is 0 Å². The topological polar surface area (TPSA) is 35.8 Å². The fourth-order valence-corrected chi connectivity index (χ4v) is 3.67. The molecule has 1 N–H and O–H groups in total. The van der Waals surface area contributed by atoms with E-state index in [1.807, 2.05) is 30.0 Å². The Morgan fingerprint density at radius 3 is 3.06 bits per heavy atom. The van der Waals surface area contributed by atoms with Crippen LogP contribution < -0.4 is 5.32 Å². The van der Waals surface area contributed by atoms with Gasteiger partial charge in [-0.1, -0.05) is 12.5 Å². The number of hydrogen-bond donors (Lipinski definition) is 1. The summed E-state index contributed by atoms with van der Waals surface area (Å²) in [6, 6.07) is 8.07. The zero-order chi connectivity index (χ0) is 12.1. The molecule has 0 amide bonds. The van der Waals surface area contributed by atoms with Gasteiger partial charge in [0.05, 0.1) is 11.3 Å². The second-order valence-electron chi connectivity index (χ2n) is 4.14. The van der Waals surface area contributed by atoms with Gasteiger partial charge < -0.3 is 5.32 Å². The molecule has 0 aliphatic carbocycles. The van der Waals surface area contributed by atoms with Crippen LogP contribution in [0.2, 0.25) is 0 Å². The van der Waals surface area contributed by atoms with Crippen LogP contribution in [0.25, 0.3) is 0 Å².